The number of rotatable bonds is 6. The number of benzene rings is 1. The van der Waals surface area contributed by atoms with Gasteiger partial charge in [-0.25, -0.2) is 0 Å². The Morgan fingerprint density at radius 1 is 0.900 bits per heavy atom. The first-order valence-electron chi connectivity index (χ1n) is 7.19. The van der Waals surface area contributed by atoms with Gasteiger partial charge >= 0.3 is 0 Å². The summed E-state index contributed by atoms with van der Waals surface area (Å²) in [6.45, 7) is 7.72. The van der Waals surface area contributed by atoms with Gasteiger partial charge in [-0.05, 0) is 37.1 Å². The number of anilines is 2. The predicted octanol–water partition coefficient (Wildman–Crippen LogP) is 3.66. The molecule has 0 saturated carbocycles. The van der Waals surface area contributed by atoms with Crippen molar-refractivity contribution in [3.63, 3.8) is 0 Å². The summed E-state index contributed by atoms with van der Waals surface area (Å²) in [6, 6.07) is 7.19. The SMILES string of the molecule is CCC(CC)C(=O)Nc1ccc(NC(=O)C(C)C)cc1. The van der Waals surface area contributed by atoms with Gasteiger partial charge in [-0.2, -0.15) is 0 Å². The third-order valence-corrected chi connectivity index (χ3v) is 3.30. The van der Waals surface area contributed by atoms with Crippen molar-refractivity contribution in [2.45, 2.75) is 40.5 Å². The highest BCUT2D eigenvalue weighted by Gasteiger charge is 2.14. The fraction of sp³-hybridized carbons (Fsp3) is 0.500. The first-order valence-corrected chi connectivity index (χ1v) is 7.19. The molecule has 0 saturated heterocycles. The van der Waals surface area contributed by atoms with E-state index in [2.05, 4.69) is 10.6 Å². The summed E-state index contributed by atoms with van der Waals surface area (Å²) < 4.78 is 0. The lowest BCUT2D eigenvalue weighted by Gasteiger charge is -2.13. The lowest BCUT2D eigenvalue weighted by molar-refractivity contribution is -0.120. The first-order chi connectivity index (χ1) is 9.47. The fourth-order valence-corrected chi connectivity index (χ4v) is 1.83. The molecule has 0 unspecified atom stereocenters. The van der Waals surface area contributed by atoms with Crippen molar-refractivity contribution in [2.24, 2.45) is 11.8 Å². The molecule has 0 aliphatic carbocycles. The smallest absolute Gasteiger partial charge is 0.227 e. The second kappa shape index (κ2) is 7.68. The monoisotopic (exact) mass is 276 g/mol. The Kier molecular flexibility index (Phi) is 6.22. The lowest BCUT2D eigenvalue weighted by atomic mass is 10.0. The molecule has 4 nitrogen and oxygen atoms in total. The molecule has 20 heavy (non-hydrogen) atoms. The van der Waals surface area contributed by atoms with E-state index in [0.29, 0.717) is 0 Å². The molecular weight excluding hydrogens is 252 g/mol. The first kappa shape index (κ1) is 16.2. The van der Waals surface area contributed by atoms with Gasteiger partial charge in [0.05, 0.1) is 0 Å². The van der Waals surface area contributed by atoms with Crippen molar-refractivity contribution in [3.05, 3.63) is 24.3 Å². The van der Waals surface area contributed by atoms with Gasteiger partial charge in [0.2, 0.25) is 11.8 Å². The van der Waals surface area contributed by atoms with Crippen LogP contribution in [0.1, 0.15) is 40.5 Å². The number of nitrogens with one attached hydrogen (secondary N) is 2. The molecule has 1 aromatic rings. The highest BCUT2D eigenvalue weighted by atomic mass is 16.2. The van der Waals surface area contributed by atoms with Crippen LogP contribution in [-0.2, 0) is 9.59 Å². The normalized spacial score (nSPS) is 10.7. The van der Waals surface area contributed by atoms with Gasteiger partial charge < -0.3 is 10.6 Å². The summed E-state index contributed by atoms with van der Waals surface area (Å²) in [5.74, 6) is 0.0346. The van der Waals surface area contributed by atoms with E-state index in [1.54, 1.807) is 24.3 Å². The summed E-state index contributed by atoms with van der Waals surface area (Å²) in [5.41, 5.74) is 1.49. The summed E-state index contributed by atoms with van der Waals surface area (Å²) in [4.78, 5) is 23.5. The van der Waals surface area contributed by atoms with Gasteiger partial charge in [0, 0.05) is 23.2 Å². The zero-order chi connectivity index (χ0) is 15.1. The van der Waals surface area contributed by atoms with E-state index in [1.807, 2.05) is 27.7 Å². The van der Waals surface area contributed by atoms with Crippen molar-refractivity contribution in [1.29, 1.82) is 0 Å². The van der Waals surface area contributed by atoms with E-state index in [4.69, 9.17) is 0 Å². The molecule has 0 spiro atoms. The average molecular weight is 276 g/mol. The maximum atomic E-state index is 11.9. The van der Waals surface area contributed by atoms with Gasteiger partial charge in [0.25, 0.3) is 0 Å². The highest BCUT2D eigenvalue weighted by molar-refractivity contribution is 5.94. The van der Waals surface area contributed by atoms with E-state index in [-0.39, 0.29) is 23.7 Å². The van der Waals surface area contributed by atoms with Gasteiger partial charge in [0.1, 0.15) is 0 Å². The van der Waals surface area contributed by atoms with Crippen LogP contribution >= 0.6 is 0 Å². The minimum absolute atomic E-state index is 0.0150. The molecule has 0 bridgehead atoms. The van der Waals surface area contributed by atoms with Crippen LogP contribution in [-0.4, -0.2) is 11.8 Å². The molecule has 2 amide bonds. The number of amides is 2. The van der Waals surface area contributed by atoms with Crippen LogP contribution in [0.5, 0.6) is 0 Å². The van der Waals surface area contributed by atoms with Crippen molar-refractivity contribution >= 4 is 23.2 Å². The molecule has 0 aliphatic rings. The third-order valence-electron chi connectivity index (χ3n) is 3.30. The number of hydrogen-bond acceptors (Lipinski definition) is 2. The summed E-state index contributed by atoms with van der Waals surface area (Å²) in [5, 5.41) is 5.71. The zero-order valence-corrected chi connectivity index (χ0v) is 12.7. The third kappa shape index (κ3) is 4.68. The molecule has 2 N–H and O–H groups in total. The fourth-order valence-electron chi connectivity index (χ4n) is 1.83. The topological polar surface area (TPSA) is 58.2 Å². The van der Waals surface area contributed by atoms with Gasteiger partial charge in [0.15, 0.2) is 0 Å². The van der Waals surface area contributed by atoms with E-state index in [1.165, 1.54) is 0 Å². The summed E-state index contributed by atoms with van der Waals surface area (Å²) in [6.07, 6.45) is 1.68. The second-order valence-corrected chi connectivity index (χ2v) is 5.22. The van der Waals surface area contributed by atoms with Crippen molar-refractivity contribution in [3.8, 4) is 0 Å². The maximum absolute atomic E-state index is 11.9. The Balaban J connectivity index is 2.63. The van der Waals surface area contributed by atoms with Gasteiger partial charge in [-0.3, -0.25) is 9.59 Å². The van der Waals surface area contributed by atoms with E-state index < -0.39 is 0 Å². The molecule has 0 fully saturated rings. The quantitative estimate of drug-likeness (QED) is 0.833. The van der Waals surface area contributed by atoms with Crippen molar-refractivity contribution in [1.82, 2.24) is 0 Å². The Labute approximate surface area is 121 Å². The second-order valence-electron chi connectivity index (χ2n) is 5.22. The highest BCUT2D eigenvalue weighted by Crippen LogP contribution is 2.17. The molecule has 1 aromatic carbocycles. The van der Waals surface area contributed by atoms with Crippen molar-refractivity contribution < 1.29 is 9.59 Å². The summed E-state index contributed by atoms with van der Waals surface area (Å²) >= 11 is 0. The Bertz CT molecular complexity index is 448. The van der Waals surface area contributed by atoms with Crippen LogP contribution < -0.4 is 10.6 Å². The van der Waals surface area contributed by atoms with Crippen LogP contribution in [0.15, 0.2) is 24.3 Å². The largest absolute Gasteiger partial charge is 0.326 e. The Morgan fingerprint density at radius 2 is 1.30 bits per heavy atom. The Hall–Kier alpha value is -1.84. The van der Waals surface area contributed by atoms with Crippen LogP contribution in [0.3, 0.4) is 0 Å². The zero-order valence-electron chi connectivity index (χ0n) is 12.7. The van der Waals surface area contributed by atoms with Crippen LogP contribution in [0.25, 0.3) is 0 Å². The number of carbonyl (C=O) groups is 2. The number of carbonyl (C=O) groups excluding carboxylic acids is 2. The van der Waals surface area contributed by atoms with E-state index >= 15 is 0 Å². The molecule has 0 atom stereocenters. The molecule has 0 aliphatic heterocycles. The lowest BCUT2D eigenvalue weighted by Crippen LogP contribution is -2.21. The molecule has 4 heteroatoms. The molecule has 110 valence electrons. The maximum Gasteiger partial charge on any atom is 0.227 e. The molecule has 0 radical (unpaired) electrons. The van der Waals surface area contributed by atoms with Gasteiger partial charge in [-0.1, -0.05) is 27.7 Å². The van der Waals surface area contributed by atoms with E-state index in [9.17, 15) is 9.59 Å². The number of hydrogen-bond donors (Lipinski definition) is 2. The van der Waals surface area contributed by atoms with Crippen LogP contribution in [0.4, 0.5) is 11.4 Å². The van der Waals surface area contributed by atoms with Crippen LogP contribution in [0, 0.1) is 11.8 Å². The minimum atomic E-state index is -0.0516. The predicted molar refractivity (Wildman–Crippen MR) is 82.6 cm³/mol. The van der Waals surface area contributed by atoms with Gasteiger partial charge in [-0.15, -0.1) is 0 Å². The minimum Gasteiger partial charge on any atom is -0.326 e. The molecule has 1 rings (SSSR count). The molecule has 0 heterocycles. The Morgan fingerprint density at radius 3 is 1.65 bits per heavy atom. The summed E-state index contributed by atoms with van der Waals surface area (Å²) in [7, 11) is 0. The molecule has 0 aromatic heterocycles. The van der Waals surface area contributed by atoms with Crippen molar-refractivity contribution in [2.75, 3.05) is 10.6 Å². The molecular formula is C16H24N2O2. The average Bonchev–Trinajstić information content (AvgIpc) is 2.42. The standard InChI is InChI=1S/C16H24N2O2/c1-5-12(6-2)16(20)18-14-9-7-13(8-10-14)17-15(19)11(3)4/h7-12H,5-6H2,1-4H3,(H,17,19)(H,18,20). The van der Waals surface area contributed by atoms with E-state index in [0.717, 1.165) is 24.2 Å². The van der Waals surface area contributed by atoms with Crippen LogP contribution in [0.2, 0.25) is 0 Å².